The van der Waals surface area contributed by atoms with Crippen molar-refractivity contribution in [1.29, 1.82) is 0 Å². The molecule has 0 unspecified atom stereocenters. The molecule has 168 valence electrons. The van der Waals surface area contributed by atoms with Gasteiger partial charge in [0.25, 0.3) is 5.91 Å². The van der Waals surface area contributed by atoms with Gasteiger partial charge < -0.3 is 10.5 Å². The van der Waals surface area contributed by atoms with Gasteiger partial charge >= 0.3 is 0 Å². The third kappa shape index (κ3) is 3.86. The first-order valence-electron chi connectivity index (χ1n) is 10.4. The van der Waals surface area contributed by atoms with Crippen LogP contribution >= 0.6 is 15.9 Å². The Balaban J connectivity index is 1.69. The van der Waals surface area contributed by atoms with Crippen molar-refractivity contribution in [3.8, 4) is 28.4 Å². The second-order valence-electron chi connectivity index (χ2n) is 7.37. The summed E-state index contributed by atoms with van der Waals surface area (Å²) in [6.45, 7) is 0. The van der Waals surface area contributed by atoms with Gasteiger partial charge in [-0.2, -0.15) is 0 Å². The van der Waals surface area contributed by atoms with Crippen molar-refractivity contribution < 1.29 is 9.53 Å². The maximum atomic E-state index is 13.4. The number of carbonyl (C=O) groups is 1. The molecule has 0 aliphatic rings. The number of halogens is 1. The number of nitrogens with one attached hydrogen (secondary N) is 1. The van der Waals surface area contributed by atoms with Gasteiger partial charge in [-0.1, -0.05) is 36.4 Å². The fraction of sp³-hybridized carbons (Fsp3) is 0.0400. The molecule has 3 aromatic heterocycles. The van der Waals surface area contributed by atoms with Gasteiger partial charge in [-0.15, -0.1) is 0 Å². The molecule has 3 heterocycles. The van der Waals surface area contributed by atoms with E-state index in [4.69, 9.17) is 20.4 Å². The number of rotatable bonds is 5. The smallest absolute Gasteiger partial charge is 0.274 e. The van der Waals surface area contributed by atoms with Gasteiger partial charge in [0.05, 0.1) is 28.4 Å². The molecule has 0 radical (unpaired) electrons. The van der Waals surface area contributed by atoms with Crippen molar-refractivity contribution >= 4 is 38.8 Å². The molecule has 5 aromatic rings. The molecule has 0 saturated carbocycles. The number of amides is 1. The van der Waals surface area contributed by atoms with Crippen molar-refractivity contribution in [3.63, 3.8) is 0 Å². The molecule has 0 aliphatic heterocycles. The predicted octanol–water partition coefficient (Wildman–Crippen LogP) is 4.90. The molecule has 0 fully saturated rings. The predicted molar refractivity (Wildman–Crippen MR) is 135 cm³/mol. The van der Waals surface area contributed by atoms with Crippen LogP contribution in [-0.4, -0.2) is 32.6 Å². The fourth-order valence-electron chi connectivity index (χ4n) is 3.68. The highest BCUT2D eigenvalue weighted by molar-refractivity contribution is 9.10. The average Bonchev–Trinajstić information content (AvgIpc) is 3.21. The van der Waals surface area contributed by atoms with Crippen LogP contribution in [0.3, 0.4) is 0 Å². The Bertz CT molecular complexity index is 1520. The number of carbonyl (C=O) groups excluding carboxylic acids is 1. The third-order valence-electron chi connectivity index (χ3n) is 5.28. The summed E-state index contributed by atoms with van der Waals surface area (Å²) in [7, 11) is 1.51. The maximum Gasteiger partial charge on any atom is 0.274 e. The van der Waals surface area contributed by atoms with E-state index in [1.807, 2.05) is 42.5 Å². The molecule has 8 nitrogen and oxygen atoms in total. The average molecular weight is 515 g/mol. The van der Waals surface area contributed by atoms with E-state index in [2.05, 4.69) is 26.3 Å². The molecule has 0 aliphatic carbocycles. The van der Waals surface area contributed by atoms with Crippen LogP contribution in [0.5, 0.6) is 5.75 Å². The van der Waals surface area contributed by atoms with Crippen molar-refractivity contribution in [1.82, 2.24) is 19.6 Å². The van der Waals surface area contributed by atoms with Crippen molar-refractivity contribution in [2.24, 2.45) is 0 Å². The second kappa shape index (κ2) is 8.95. The molecule has 0 saturated heterocycles. The standard InChI is InChI=1S/C25H19BrN6O2/c1-34-21-16(9-5-11-18(21)26)25(33)31-32-23(17-10-6-14-28-22(17)27)30-20-13-12-19(29-24(20)32)15-7-3-2-4-8-15/h2-14H,1H3,(H2,27,28)(H,31,33). The van der Waals surface area contributed by atoms with E-state index in [9.17, 15) is 4.79 Å². The monoisotopic (exact) mass is 514 g/mol. The number of fused-ring (bicyclic) bond motifs is 1. The number of hydrogen-bond donors (Lipinski definition) is 2. The summed E-state index contributed by atoms with van der Waals surface area (Å²) in [4.78, 5) is 27.1. The minimum Gasteiger partial charge on any atom is -0.495 e. The van der Waals surface area contributed by atoms with Crippen LogP contribution in [0, 0.1) is 0 Å². The number of nitrogen functional groups attached to an aromatic ring is 1. The van der Waals surface area contributed by atoms with E-state index >= 15 is 0 Å². The van der Waals surface area contributed by atoms with Crippen LogP contribution < -0.4 is 15.9 Å². The molecule has 3 N–H and O–H groups in total. The van der Waals surface area contributed by atoms with E-state index in [0.29, 0.717) is 38.3 Å². The van der Waals surface area contributed by atoms with Gasteiger partial charge in [0.15, 0.2) is 11.5 Å². The summed E-state index contributed by atoms with van der Waals surface area (Å²) in [6.07, 6.45) is 1.60. The Morgan fingerprint density at radius 3 is 2.59 bits per heavy atom. The lowest BCUT2D eigenvalue weighted by Gasteiger charge is -2.14. The van der Waals surface area contributed by atoms with Crippen LogP contribution in [-0.2, 0) is 0 Å². The van der Waals surface area contributed by atoms with Gasteiger partial charge in [-0.05, 0) is 52.3 Å². The normalized spacial score (nSPS) is 10.9. The Labute approximate surface area is 203 Å². The Morgan fingerprint density at radius 1 is 1.00 bits per heavy atom. The zero-order valence-electron chi connectivity index (χ0n) is 18.1. The lowest BCUT2D eigenvalue weighted by molar-refractivity contribution is 0.101. The summed E-state index contributed by atoms with van der Waals surface area (Å²) < 4.78 is 7.64. The number of ether oxygens (including phenoxy) is 1. The molecule has 0 atom stereocenters. The van der Waals surface area contributed by atoms with Crippen LogP contribution in [0.2, 0.25) is 0 Å². The summed E-state index contributed by atoms with van der Waals surface area (Å²) in [5.74, 6) is 0.732. The molecule has 0 spiro atoms. The van der Waals surface area contributed by atoms with Crippen molar-refractivity contribution in [2.75, 3.05) is 18.3 Å². The molecular formula is C25H19BrN6O2. The van der Waals surface area contributed by atoms with Crippen LogP contribution in [0.25, 0.3) is 33.8 Å². The first-order chi connectivity index (χ1) is 16.6. The first kappa shape index (κ1) is 21.6. The van der Waals surface area contributed by atoms with Crippen LogP contribution in [0.4, 0.5) is 5.82 Å². The zero-order valence-corrected chi connectivity index (χ0v) is 19.7. The van der Waals surface area contributed by atoms with Gasteiger partial charge in [0.1, 0.15) is 17.1 Å². The second-order valence-corrected chi connectivity index (χ2v) is 8.23. The molecule has 2 aromatic carbocycles. The van der Waals surface area contributed by atoms with E-state index in [1.165, 1.54) is 11.8 Å². The number of para-hydroxylation sites is 1. The summed E-state index contributed by atoms with van der Waals surface area (Å²) >= 11 is 3.43. The number of nitrogens with two attached hydrogens (primary N) is 1. The number of pyridine rings is 2. The lowest BCUT2D eigenvalue weighted by Crippen LogP contribution is -2.24. The summed E-state index contributed by atoms with van der Waals surface area (Å²) in [6, 6.07) is 22.3. The Kier molecular flexibility index (Phi) is 5.69. The van der Waals surface area contributed by atoms with Crippen LogP contribution in [0.15, 0.2) is 83.5 Å². The summed E-state index contributed by atoms with van der Waals surface area (Å²) in [5.41, 5.74) is 12.8. The fourth-order valence-corrected chi connectivity index (χ4v) is 4.21. The number of methoxy groups -OCH3 is 1. The molecule has 1 amide bonds. The van der Waals surface area contributed by atoms with Gasteiger partial charge in [0, 0.05) is 11.8 Å². The number of aromatic nitrogens is 4. The maximum absolute atomic E-state index is 13.4. The number of anilines is 1. The van der Waals surface area contributed by atoms with E-state index in [1.54, 1.807) is 36.5 Å². The van der Waals surface area contributed by atoms with E-state index < -0.39 is 5.91 Å². The Morgan fingerprint density at radius 2 is 1.82 bits per heavy atom. The number of hydrogen-bond acceptors (Lipinski definition) is 6. The number of nitrogens with zero attached hydrogens (tertiary/aromatic N) is 4. The highest BCUT2D eigenvalue weighted by atomic mass is 79.9. The molecule has 34 heavy (non-hydrogen) atoms. The number of imidazole rings is 1. The SMILES string of the molecule is COc1c(Br)cccc1C(=O)Nn1c(-c2cccnc2N)nc2ccc(-c3ccccc3)nc21. The topological polar surface area (TPSA) is 108 Å². The van der Waals surface area contributed by atoms with Crippen LogP contribution in [0.1, 0.15) is 10.4 Å². The summed E-state index contributed by atoms with van der Waals surface area (Å²) in [5, 5.41) is 0. The van der Waals surface area contributed by atoms with E-state index in [-0.39, 0.29) is 5.82 Å². The Hall–Kier alpha value is -4.24. The van der Waals surface area contributed by atoms with Crippen molar-refractivity contribution in [2.45, 2.75) is 0 Å². The lowest BCUT2D eigenvalue weighted by atomic mass is 10.1. The molecule has 0 bridgehead atoms. The highest BCUT2D eigenvalue weighted by Gasteiger charge is 2.21. The molecule has 5 rings (SSSR count). The van der Waals surface area contributed by atoms with Gasteiger partial charge in [0.2, 0.25) is 0 Å². The minimum absolute atomic E-state index is 0.289. The molecule has 9 heteroatoms. The highest BCUT2D eigenvalue weighted by Crippen LogP contribution is 2.31. The van der Waals surface area contributed by atoms with Gasteiger partial charge in [-0.25, -0.2) is 19.6 Å². The minimum atomic E-state index is -0.395. The number of benzene rings is 2. The zero-order chi connectivity index (χ0) is 23.7. The van der Waals surface area contributed by atoms with Gasteiger partial charge in [-0.3, -0.25) is 10.2 Å². The third-order valence-corrected chi connectivity index (χ3v) is 5.91. The van der Waals surface area contributed by atoms with Crippen molar-refractivity contribution in [3.05, 3.63) is 89.0 Å². The quantitative estimate of drug-likeness (QED) is 0.345. The molecular weight excluding hydrogens is 496 g/mol. The largest absolute Gasteiger partial charge is 0.495 e. The van der Waals surface area contributed by atoms with E-state index in [0.717, 1.165) is 11.3 Å². The first-order valence-corrected chi connectivity index (χ1v) is 11.2.